The molecule has 1 aromatic heterocycles. The predicted molar refractivity (Wildman–Crippen MR) is 194 cm³/mol. The SMILES string of the molecule is CCCCCCCCCCCCCCCCCn1cc[n+](CCCc2ccccc2)c1CCCCCCCCCCCCC. The van der Waals surface area contributed by atoms with E-state index in [1.807, 2.05) is 0 Å². The Hall–Kier alpha value is -1.57. The smallest absolute Gasteiger partial charge is 0.234 e. The molecule has 0 bridgehead atoms. The lowest BCUT2D eigenvalue weighted by Crippen LogP contribution is -2.37. The molecule has 0 saturated carbocycles. The minimum atomic E-state index is 1.15. The van der Waals surface area contributed by atoms with E-state index < -0.39 is 0 Å². The molecule has 0 radical (unpaired) electrons. The fourth-order valence-electron chi connectivity index (χ4n) is 6.89. The first kappa shape index (κ1) is 38.6. The van der Waals surface area contributed by atoms with Crippen molar-refractivity contribution in [1.82, 2.24) is 4.57 Å². The highest BCUT2D eigenvalue weighted by Gasteiger charge is 2.16. The number of hydrogen-bond donors (Lipinski definition) is 0. The van der Waals surface area contributed by atoms with Gasteiger partial charge in [0.15, 0.2) is 0 Å². The molecule has 2 heteroatoms. The molecule has 2 rings (SSSR count). The van der Waals surface area contributed by atoms with Gasteiger partial charge in [-0.3, -0.25) is 0 Å². The Morgan fingerprint density at radius 2 is 0.886 bits per heavy atom. The largest absolute Gasteiger partial charge is 0.256 e. The number of aryl methyl sites for hydroxylation is 3. The standard InChI is InChI=1S/C42H75N2/c1-3-5-7-9-11-13-15-16-17-18-20-22-24-26-31-37-43-39-40-44(38-32-35-41-33-28-27-29-34-41)42(43)36-30-25-23-21-19-14-12-10-8-6-4-2/h27-29,33-34,39-40H,3-26,30-32,35-38H2,1-2H3/q+1. The minimum Gasteiger partial charge on any atom is -0.234 e. The molecule has 1 heterocycles. The van der Waals surface area contributed by atoms with Gasteiger partial charge in [-0.15, -0.1) is 0 Å². The Bertz CT molecular complexity index is 854. The molecule has 0 spiro atoms. The molecule has 0 N–H and O–H groups in total. The molecule has 0 aliphatic rings. The fourth-order valence-corrected chi connectivity index (χ4v) is 6.89. The summed E-state index contributed by atoms with van der Waals surface area (Å²) < 4.78 is 5.20. The highest BCUT2D eigenvalue weighted by molar-refractivity contribution is 5.14. The van der Waals surface area contributed by atoms with E-state index in [0.717, 1.165) is 6.54 Å². The highest BCUT2D eigenvalue weighted by Crippen LogP contribution is 2.15. The van der Waals surface area contributed by atoms with Crippen LogP contribution in [0.25, 0.3) is 0 Å². The van der Waals surface area contributed by atoms with Crippen LogP contribution >= 0.6 is 0 Å². The molecule has 0 aliphatic carbocycles. The first-order valence-corrected chi connectivity index (χ1v) is 20.0. The van der Waals surface area contributed by atoms with Crippen LogP contribution in [0.15, 0.2) is 42.7 Å². The van der Waals surface area contributed by atoms with Crippen LogP contribution in [0.2, 0.25) is 0 Å². The number of hydrogen-bond acceptors (Lipinski definition) is 0. The van der Waals surface area contributed by atoms with Gasteiger partial charge in [-0.25, -0.2) is 9.13 Å². The van der Waals surface area contributed by atoms with Crippen molar-refractivity contribution in [1.29, 1.82) is 0 Å². The molecule has 0 atom stereocenters. The molecule has 0 unspecified atom stereocenters. The average Bonchev–Trinajstić information content (AvgIpc) is 3.43. The second kappa shape index (κ2) is 28.9. The number of imidazole rings is 1. The molecule has 252 valence electrons. The fraction of sp³-hybridized carbons (Fsp3) is 0.786. The lowest BCUT2D eigenvalue weighted by molar-refractivity contribution is -0.704. The molecule has 1 aromatic carbocycles. The predicted octanol–water partition coefficient (Wildman–Crippen LogP) is 13.1. The molecule has 0 fully saturated rings. The van der Waals surface area contributed by atoms with E-state index in [0.29, 0.717) is 0 Å². The monoisotopic (exact) mass is 608 g/mol. The minimum absolute atomic E-state index is 1.15. The Labute approximate surface area is 275 Å². The second-order valence-electron chi connectivity index (χ2n) is 13.9. The summed E-state index contributed by atoms with van der Waals surface area (Å²) in [4.78, 5) is 0. The van der Waals surface area contributed by atoms with Gasteiger partial charge in [0.2, 0.25) is 0 Å². The number of unbranched alkanes of at least 4 members (excludes halogenated alkanes) is 24. The van der Waals surface area contributed by atoms with Crippen LogP contribution in [0, 0.1) is 0 Å². The lowest BCUT2D eigenvalue weighted by atomic mass is 10.0. The van der Waals surface area contributed by atoms with E-state index in [1.54, 1.807) is 5.82 Å². The van der Waals surface area contributed by atoms with Crippen LogP contribution in [0.1, 0.15) is 199 Å². The summed E-state index contributed by atoms with van der Waals surface area (Å²) in [5.41, 5.74) is 1.47. The molecule has 0 amide bonds. The van der Waals surface area contributed by atoms with Crippen molar-refractivity contribution in [2.75, 3.05) is 0 Å². The highest BCUT2D eigenvalue weighted by atomic mass is 15.1. The molecule has 2 aromatic rings. The Balaban J connectivity index is 1.61. The van der Waals surface area contributed by atoms with Gasteiger partial charge in [-0.2, -0.15) is 0 Å². The zero-order chi connectivity index (χ0) is 31.2. The van der Waals surface area contributed by atoms with Crippen molar-refractivity contribution < 1.29 is 4.57 Å². The van der Waals surface area contributed by atoms with E-state index in [9.17, 15) is 0 Å². The third kappa shape index (κ3) is 20.5. The zero-order valence-electron chi connectivity index (χ0n) is 29.9. The molecular formula is C42H75N2+. The van der Waals surface area contributed by atoms with Crippen molar-refractivity contribution in [2.24, 2.45) is 0 Å². The van der Waals surface area contributed by atoms with E-state index in [2.05, 4.69) is 65.7 Å². The van der Waals surface area contributed by atoms with E-state index in [4.69, 9.17) is 0 Å². The quantitative estimate of drug-likeness (QED) is 0.0578. The summed E-state index contributed by atoms with van der Waals surface area (Å²) in [5, 5.41) is 0. The number of aromatic nitrogens is 2. The van der Waals surface area contributed by atoms with Crippen LogP contribution in [-0.2, 0) is 25.9 Å². The average molecular weight is 608 g/mol. The third-order valence-electron chi connectivity index (χ3n) is 9.80. The van der Waals surface area contributed by atoms with Crippen molar-refractivity contribution >= 4 is 0 Å². The van der Waals surface area contributed by atoms with Gasteiger partial charge in [0.25, 0.3) is 5.82 Å². The Morgan fingerprint density at radius 3 is 1.36 bits per heavy atom. The van der Waals surface area contributed by atoms with Gasteiger partial charge in [-0.1, -0.05) is 192 Å². The van der Waals surface area contributed by atoms with Crippen molar-refractivity contribution in [2.45, 2.75) is 213 Å². The van der Waals surface area contributed by atoms with Crippen molar-refractivity contribution in [3.05, 3.63) is 54.1 Å². The molecule has 44 heavy (non-hydrogen) atoms. The Kier molecular flexibility index (Phi) is 25.3. The maximum atomic E-state index is 2.61. The van der Waals surface area contributed by atoms with E-state index in [-0.39, 0.29) is 0 Å². The molecular weight excluding hydrogens is 532 g/mol. The number of nitrogens with zero attached hydrogens (tertiary/aromatic N) is 2. The van der Waals surface area contributed by atoms with Gasteiger partial charge >= 0.3 is 0 Å². The zero-order valence-corrected chi connectivity index (χ0v) is 29.9. The topological polar surface area (TPSA) is 8.81 Å². The van der Waals surface area contributed by atoms with Gasteiger partial charge < -0.3 is 0 Å². The van der Waals surface area contributed by atoms with Gasteiger partial charge in [-0.05, 0) is 37.7 Å². The summed E-state index contributed by atoms with van der Waals surface area (Å²) in [7, 11) is 0. The summed E-state index contributed by atoms with van der Waals surface area (Å²) in [6, 6.07) is 11.0. The van der Waals surface area contributed by atoms with Gasteiger partial charge in [0, 0.05) is 6.42 Å². The van der Waals surface area contributed by atoms with Crippen molar-refractivity contribution in [3.63, 3.8) is 0 Å². The van der Waals surface area contributed by atoms with Crippen LogP contribution < -0.4 is 4.57 Å². The molecule has 0 saturated heterocycles. The maximum absolute atomic E-state index is 2.61. The summed E-state index contributed by atoms with van der Waals surface area (Å²) in [6.45, 7) is 6.97. The number of benzene rings is 1. The van der Waals surface area contributed by atoms with E-state index >= 15 is 0 Å². The maximum Gasteiger partial charge on any atom is 0.256 e. The normalized spacial score (nSPS) is 11.5. The second-order valence-corrected chi connectivity index (χ2v) is 13.9. The first-order chi connectivity index (χ1) is 21.8. The summed E-state index contributed by atoms with van der Waals surface area (Å²) >= 11 is 0. The molecule has 2 nitrogen and oxygen atoms in total. The lowest BCUT2D eigenvalue weighted by Gasteiger charge is -2.07. The first-order valence-electron chi connectivity index (χ1n) is 20.0. The van der Waals surface area contributed by atoms with E-state index in [1.165, 1.54) is 198 Å². The Morgan fingerprint density at radius 1 is 0.455 bits per heavy atom. The van der Waals surface area contributed by atoms with Crippen LogP contribution in [0.4, 0.5) is 0 Å². The van der Waals surface area contributed by atoms with Crippen LogP contribution in [0.3, 0.4) is 0 Å². The summed E-state index contributed by atoms with van der Waals surface area (Å²) in [5.74, 6) is 1.58. The third-order valence-corrected chi connectivity index (χ3v) is 9.80. The van der Waals surface area contributed by atoms with Gasteiger partial charge in [0.05, 0.1) is 13.1 Å². The van der Waals surface area contributed by atoms with Gasteiger partial charge in [0.1, 0.15) is 12.4 Å². The van der Waals surface area contributed by atoms with Crippen molar-refractivity contribution in [3.8, 4) is 0 Å². The van der Waals surface area contributed by atoms with Crippen LogP contribution in [-0.4, -0.2) is 4.57 Å². The summed E-state index contributed by atoms with van der Waals surface area (Å²) in [6.07, 6.45) is 45.6. The number of rotatable bonds is 32. The molecule has 0 aliphatic heterocycles. The van der Waals surface area contributed by atoms with Crippen LogP contribution in [0.5, 0.6) is 0 Å².